The van der Waals surface area contributed by atoms with Gasteiger partial charge in [0.15, 0.2) is 0 Å². The monoisotopic (exact) mass is 816 g/mol. The van der Waals surface area contributed by atoms with Crippen LogP contribution >= 0.6 is 23.2 Å². The number of aromatic nitrogens is 1. The predicted octanol–water partition coefficient (Wildman–Crippen LogP) is 5.80. The minimum Gasteiger partial charge on any atom is -0.494 e. The number of aryl methyl sites for hydroxylation is 3. The number of piperidine rings is 1. The lowest BCUT2D eigenvalue weighted by molar-refractivity contribution is -0.136. The van der Waals surface area contributed by atoms with E-state index in [-0.39, 0.29) is 29.7 Å². The summed E-state index contributed by atoms with van der Waals surface area (Å²) in [5.41, 5.74) is 4.82. The number of carboxylic acids is 1. The average molecular weight is 818 g/mol. The molecule has 13 nitrogen and oxygen atoms in total. The maximum absolute atomic E-state index is 13.4. The quantitative estimate of drug-likeness (QED) is 0.0993. The van der Waals surface area contributed by atoms with Crippen LogP contribution in [-0.4, -0.2) is 112 Å². The van der Waals surface area contributed by atoms with Crippen molar-refractivity contribution in [2.75, 3.05) is 57.7 Å². The standard InChI is InChI=1S/C42H46Cl2N6O7/c1-25-22-28(23-26(2)37(25)44)57-21-4-7-30-29-10-9-27(43)24-34(29)49(38(30)42(55)56)20-19-48-17-15-47(16-18-48)14-5-13-45-32-8-3-6-31-36(32)41(54)50(40(31)53)33-11-12-35(51)46-39(33)52/h3,6,8-10,22-24,33,45H,4-5,7,11-21H2,1-2H3,(H,55,56)(H,46,51,52). The average Bonchev–Trinajstić information content (AvgIpc) is 3.63. The van der Waals surface area contributed by atoms with Gasteiger partial charge in [-0.05, 0) is 99.2 Å². The number of amides is 4. The van der Waals surface area contributed by atoms with Crippen LogP contribution in [0.5, 0.6) is 5.75 Å². The Balaban J connectivity index is 0.905. The zero-order valence-electron chi connectivity index (χ0n) is 32.0. The summed E-state index contributed by atoms with van der Waals surface area (Å²) in [5, 5.41) is 18.2. The van der Waals surface area contributed by atoms with Crippen LogP contribution in [0.4, 0.5) is 5.69 Å². The van der Waals surface area contributed by atoms with Crippen molar-refractivity contribution < 1.29 is 33.8 Å². The van der Waals surface area contributed by atoms with E-state index in [2.05, 4.69) is 20.4 Å². The fourth-order valence-corrected chi connectivity index (χ4v) is 8.49. The molecule has 7 rings (SSSR count). The van der Waals surface area contributed by atoms with E-state index >= 15 is 0 Å². The maximum atomic E-state index is 13.4. The number of carbonyl (C=O) groups excluding carboxylic acids is 4. The summed E-state index contributed by atoms with van der Waals surface area (Å²) in [7, 11) is 0. The molecule has 4 amide bonds. The molecule has 4 aromatic rings. The Morgan fingerprint density at radius 1 is 0.912 bits per heavy atom. The molecular weight excluding hydrogens is 771 g/mol. The van der Waals surface area contributed by atoms with E-state index in [4.69, 9.17) is 27.9 Å². The number of aromatic carboxylic acids is 1. The number of benzene rings is 3. The Morgan fingerprint density at radius 2 is 1.63 bits per heavy atom. The van der Waals surface area contributed by atoms with Crippen molar-refractivity contribution in [1.82, 2.24) is 24.6 Å². The topological polar surface area (TPSA) is 154 Å². The Bertz CT molecular complexity index is 2230. The Labute approximate surface area is 340 Å². The van der Waals surface area contributed by atoms with Crippen molar-refractivity contribution in [2.24, 2.45) is 0 Å². The van der Waals surface area contributed by atoms with E-state index in [0.29, 0.717) is 49.8 Å². The molecule has 0 saturated carbocycles. The predicted molar refractivity (Wildman–Crippen MR) is 218 cm³/mol. The van der Waals surface area contributed by atoms with Crippen molar-refractivity contribution in [3.05, 3.63) is 92.1 Å². The highest BCUT2D eigenvalue weighted by Gasteiger charge is 2.45. The number of imide groups is 2. The summed E-state index contributed by atoms with van der Waals surface area (Å²) in [6, 6.07) is 13.4. The molecule has 1 unspecified atom stereocenters. The summed E-state index contributed by atoms with van der Waals surface area (Å²) < 4.78 is 7.92. The number of nitrogens with zero attached hydrogens (tertiary/aromatic N) is 4. The molecule has 3 N–H and O–H groups in total. The van der Waals surface area contributed by atoms with E-state index in [1.165, 1.54) is 0 Å². The van der Waals surface area contributed by atoms with Gasteiger partial charge in [-0.15, -0.1) is 0 Å². The smallest absolute Gasteiger partial charge is 0.352 e. The molecule has 3 aromatic carbocycles. The lowest BCUT2D eigenvalue weighted by atomic mass is 10.0. The van der Waals surface area contributed by atoms with Crippen molar-refractivity contribution in [1.29, 1.82) is 0 Å². The van der Waals surface area contributed by atoms with Gasteiger partial charge in [0, 0.05) is 73.4 Å². The first-order chi connectivity index (χ1) is 27.4. The van der Waals surface area contributed by atoms with Gasteiger partial charge in [-0.2, -0.15) is 0 Å². The van der Waals surface area contributed by atoms with Gasteiger partial charge in [0.25, 0.3) is 11.8 Å². The van der Waals surface area contributed by atoms with Crippen LogP contribution in [0.2, 0.25) is 10.0 Å². The van der Waals surface area contributed by atoms with Crippen molar-refractivity contribution in [2.45, 2.75) is 58.5 Å². The van der Waals surface area contributed by atoms with Gasteiger partial charge in [-0.25, -0.2) is 4.79 Å². The number of carbonyl (C=O) groups is 5. The number of hydrogen-bond donors (Lipinski definition) is 3. The number of piperazine rings is 1. The Kier molecular flexibility index (Phi) is 12.2. The minimum atomic E-state index is -1.01. The van der Waals surface area contributed by atoms with Gasteiger partial charge in [0.1, 0.15) is 17.5 Å². The van der Waals surface area contributed by atoms with E-state index in [9.17, 15) is 29.1 Å². The summed E-state index contributed by atoms with van der Waals surface area (Å²) in [6.07, 6.45) is 2.15. The summed E-state index contributed by atoms with van der Waals surface area (Å²) >= 11 is 12.7. The van der Waals surface area contributed by atoms with Crippen LogP contribution in [0, 0.1) is 13.8 Å². The Morgan fingerprint density at radius 3 is 2.33 bits per heavy atom. The number of rotatable bonds is 15. The first-order valence-corrected chi connectivity index (χ1v) is 20.1. The zero-order valence-corrected chi connectivity index (χ0v) is 33.5. The molecule has 0 bridgehead atoms. The molecule has 3 aliphatic heterocycles. The van der Waals surface area contributed by atoms with Gasteiger partial charge in [-0.3, -0.25) is 34.3 Å². The molecule has 1 aromatic heterocycles. The third kappa shape index (κ3) is 8.52. The number of fused-ring (bicyclic) bond motifs is 2. The maximum Gasteiger partial charge on any atom is 0.352 e. The van der Waals surface area contributed by atoms with Gasteiger partial charge in [-0.1, -0.05) is 35.3 Å². The van der Waals surface area contributed by atoms with Crippen LogP contribution < -0.4 is 15.4 Å². The first kappa shape index (κ1) is 40.3. The lowest BCUT2D eigenvalue weighted by Crippen LogP contribution is -2.54. The highest BCUT2D eigenvalue weighted by Crippen LogP contribution is 2.33. The molecule has 2 fully saturated rings. The fourth-order valence-electron chi connectivity index (χ4n) is 8.22. The van der Waals surface area contributed by atoms with E-state index in [1.807, 2.05) is 42.7 Å². The molecule has 300 valence electrons. The van der Waals surface area contributed by atoms with Crippen molar-refractivity contribution >= 4 is 69.4 Å². The van der Waals surface area contributed by atoms with Gasteiger partial charge in [0.2, 0.25) is 11.8 Å². The van der Waals surface area contributed by atoms with Crippen LogP contribution in [0.3, 0.4) is 0 Å². The number of carboxylic acid groups (broad SMARTS) is 1. The minimum absolute atomic E-state index is 0.0684. The molecule has 57 heavy (non-hydrogen) atoms. The second kappa shape index (κ2) is 17.3. The van der Waals surface area contributed by atoms with Gasteiger partial charge < -0.3 is 24.6 Å². The van der Waals surface area contributed by atoms with Crippen LogP contribution in [0.25, 0.3) is 10.9 Å². The largest absolute Gasteiger partial charge is 0.494 e. The third-order valence-electron chi connectivity index (χ3n) is 11.1. The highest BCUT2D eigenvalue weighted by molar-refractivity contribution is 6.32. The molecule has 0 spiro atoms. The molecule has 15 heteroatoms. The fraction of sp³-hybridized carbons (Fsp3) is 0.405. The normalized spacial score (nSPS) is 17.7. The van der Waals surface area contributed by atoms with Crippen LogP contribution in [0.1, 0.15) is 73.6 Å². The van der Waals surface area contributed by atoms with E-state index in [1.54, 1.807) is 24.3 Å². The zero-order chi connectivity index (χ0) is 40.4. The molecule has 1 atom stereocenters. The number of anilines is 1. The molecule has 3 aliphatic rings. The molecular formula is C42H46Cl2N6O7. The molecule has 4 heterocycles. The van der Waals surface area contributed by atoms with Gasteiger partial charge in [0.05, 0.1) is 23.3 Å². The van der Waals surface area contributed by atoms with Crippen LogP contribution in [0.15, 0.2) is 48.5 Å². The number of ether oxygens (including phenoxy) is 1. The summed E-state index contributed by atoms with van der Waals surface area (Å²) in [5.74, 6) is -2.33. The van der Waals surface area contributed by atoms with Crippen molar-refractivity contribution in [3.63, 3.8) is 0 Å². The van der Waals surface area contributed by atoms with Crippen LogP contribution in [-0.2, 0) is 22.6 Å². The summed E-state index contributed by atoms with van der Waals surface area (Å²) in [6.45, 7) is 10.3. The third-order valence-corrected chi connectivity index (χ3v) is 12.0. The number of hydrogen-bond acceptors (Lipinski definition) is 9. The Hall–Kier alpha value is -4.95. The number of halogens is 2. The SMILES string of the molecule is Cc1cc(OCCCc2c(C(=O)O)n(CCN3CCN(CCCNc4cccc5c4C(=O)N(C4CCC(=O)NC4=O)C5=O)CC3)c3cc(Cl)ccc23)cc(C)c1Cl. The summed E-state index contributed by atoms with van der Waals surface area (Å²) in [4.78, 5) is 69.2. The number of nitrogens with one attached hydrogen (secondary N) is 2. The van der Waals surface area contributed by atoms with E-state index in [0.717, 1.165) is 82.4 Å². The second-order valence-electron chi connectivity index (χ2n) is 14.9. The molecule has 2 saturated heterocycles. The molecule has 0 radical (unpaired) electrons. The highest BCUT2D eigenvalue weighted by atomic mass is 35.5. The second-order valence-corrected chi connectivity index (χ2v) is 15.7. The van der Waals surface area contributed by atoms with Gasteiger partial charge >= 0.3 is 5.97 Å². The first-order valence-electron chi connectivity index (χ1n) is 19.4. The lowest BCUT2D eigenvalue weighted by Gasteiger charge is -2.35. The molecule has 0 aliphatic carbocycles. The van der Waals surface area contributed by atoms with E-state index < -0.39 is 35.6 Å². The van der Waals surface area contributed by atoms with Crippen molar-refractivity contribution in [3.8, 4) is 5.75 Å².